The number of fused-ring (bicyclic) bond motifs is 7. The number of allylic oxidation sites excluding steroid dienone is 4. The molecule has 5 rings (SSSR count). The SMILES string of the molecule is [C-]#[N+]C1=C[C@]2(C)C3=CC(=O)[C@@H]4[C@@H]5CC(C)(C)CC[C@]5(N(C)C)CC[C@@]4(C)[C@]3(C)CC[C@H]2C(C)(C)C1=O. The molecule has 0 unspecified atom stereocenters. The van der Waals surface area contributed by atoms with Crippen LogP contribution in [0.1, 0.15) is 93.4 Å². The fraction of sp³-hybridized carbons (Fsp3) is 0.781. The quantitative estimate of drug-likeness (QED) is 0.377. The molecule has 0 aromatic rings. The fourth-order valence-corrected chi connectivity index (χ4v) is 10.4. The van der Waals surface area contributed by atoms with Crippen LogP contribution in [0, 0.1) is 51.4 Å². The summed E-state index contributed by atoms with van der Waals surface area (Å²) in [5.41, 5.74) is 0.487. The third-order valence-corrected chi connectivity index (χ3v) is 12.7. The Bertz CT molecular complexity index is 1140. The molecule has 0 spiro atoms. The van der Waals surface area contributed by atoms with Crippen LogP contribution in [0.3, 0.4) is 0 Å². The molecule has 0 radical (unpaired) electrons. The summed E-state index contributed by atoms with van der Waals surface area (Å²) >= 11 is 0. The van der Waals surface area contributed by atoms with E-state index in [4.69, 9.17) is 6.57 Å². The van der Waals surface area contributed by atoms with Gasteiger partial charge in [0.05, 0.1) is 6.57 Å². The standard InChI is InChI=1S/C32H46N2O2/c1-27(2)13-15-32(34(9)10)16-14-31(7)25(20(32)18-27)22(35)17-24-29(5)19-21(33-8)26(36)28(3,4)23(29)11-12-30(24,31)6/h17,19-20,23,25H,11-16,18H2,1-7,9-10H3/t20-,23-,25-,29-,30+,31+,32-/m0/s1. The summed E-state index contributed by atoms with van der Waals surface area (Å²) < 4.78 is 0. The smallest absolute Gasteiger partial charge is 0.226 e. The first-order valence-corrected chi connectivity index (χ1v) is 14.1. The van der Waals surface area contributed by atoms with Crippen LogP contribution in [0.5, 0.6) is 0 Å². The molecule has 3 fully saturated rings. The lowest BCUT2D eigenvalue weighted by Crippen LogP contribution is -2.68. The minimum Gasteiger partial charge on any atom is -0.307 e. The van der Waals surface area contributed by atoms with E-state index in [0.29, 0.717) is 11.7 Å². The molecule has 0 aromatic carbocycles. The molecule has 0 amide bonds. The van der Waals surface area contributed by atoms with E-state index in [2.05, 4.69) is 58.5 Å². The number of nitrogens with zero attached hydrogens (tertiary/aromatic N) is 2. The van der Waals surface area contributed by atoms with E-state index in [0.717, 1.165) is 38.5 Å². The Labute approximate surface area is 218 Å². The molecule has 0 saturated heterocycles. The van der Waals surface area contributed by atoms with Crippen LogP contribution in [0.15, 0.2) is 23.4 Å². The second-order valence-corrected chi connectivity index (χ2v) is 15.2. The van der Waals surface area contributed by atoms with E-state index in [-0.39, 0.29) is 45.1 Å². The van der Waals surface area contributed by atoms with Crippen LogP contribution in [0.2, 0.25) is 0 Å². The van der Waals surface area contributed by atoms with E-state index in [1.165, 1.54) is 12.0 Å². The molecule has 5 aliphatic rings. The van der Waals surface area contributed by atoms with E-state index < -0.39 is 10.8 Å². The number of rotatable bonds is 1. The van der Waals surface area contributed by atoms with Crippen molar-refractivity contribution in [1.29, 1.82) is 0 Å². The lowest BCUT2D eigenvalue weighted by Gasteiger charge is -2.70. The fourth-order valence-electron chi connectivity index (χ4n) is 10.4. The van der Waals surface area contributed by atoms with Gasteiger partial charge in [0, 0.05) is 22.3 Å². The Morgan fingerprint density at radius 3 is 2.19 bits per heavy atom. The summed E-state index contributed by atoms with van der Waals surface area (Å²) in [5, 5.41) is 0. The van der Waals surface area contributed by atoms with Crippen molar-refractivity contribution in [3.05, 3.63) is 34.8 Å². The Balaban J connectivity index is 1.70. The lowest BCUT2D eigenvalue weighted by molar-refractivity contribution is -0.173. The van der Waals surface area contributed by atoms with Gasteiger partial charge in [0.2, 0.25) is 5.70 Å². The third kappa shape index (κ3) is 2.96. The van der Waals surface area contributed by atoms with Gasteiger partial charge in [0.1, 0.15) is 0 Å². The van der Waals surface area contributed by atoms with Crippen LogP contribution >= 0.6 is 0 Å². The van der Waals surface area contributed by atoms with Gasteiger partial charge in [-0.15, -0.1) is 0 Å². The molecule has 0 aromatic heterocycles. The maximum absolute atomic E-state index is 14.4. The van der Waals surface area contributed by atoms with Crippen LogP contribution in [0.4, 0.5) is 0 Å². The maximum Gasteiger partial charge on any atom is 0.226 e. The van der Waals surface area contributed by atoms with Gasteiger partial charge in [-0.3, -0.25) is 4.79 Å². The number of hydrogen-bond donors (Lipinski definition) is 0. The highest BCUT2D eigenvalue weighted by molar-refractivity contribution is 6.03. The van der Waals surface area contributed by atoms with Crippen LogP contribution < -0.4 is 0 Å². The summed E-state index contributed by atoms with van der Waals surface area (Å²) in [6.07, 6.45) is 11.6. The highest BCUT2D eigenvalue weighted by atomic mass is 16.1. The molecule has 36 heavy (non-hydrogen) atoms. The highest BCUT2D eigenvalue weighted by Crippen LogP contribution is 2.73. The molecule has 4 nitrogen and oxygen atoms in total. The second kappa shape index (κ2) is 7.43. The lowest BCUT2D eigenvalue weighted by atomic mass is 9.35. The van der Waals surface area contributed by atoms with Gasteiger partial charge >= 0.3 is 0 Å². The van der Waals surface area contributed by atoms with Crippen molar-refractivity contribution in [2.24, 2.45) is 44.8 Å². The van der Waals surface area contributed by atoms with Crippen molar-refractivity contribution >= 4 is 11.6 Å². The maximum atomic E-state index is 14.4. The molecule has 3 saturated carbocycles. The van der Waals surface area contributed by atoms with Gasteiger partial charge < -0.3 is 9.69 Å². The van der Waals surface area contributed by atoms with Crippen LogP contribution in [0.25, 0.3) is 4.85 Å². The Hall–Kier alpha value is -1.73. The first-order valence-electron chi connectivity index (χ1n) is 14.1. The van der Waals surface area contributed by atoms with Gasteiger partial charge in [-0.1, -0.05) is 60.1 Å². The zero-order valence-electron chi connectivity index (χ0n) is 24.0. The molecule has 7 atom stereocenters. The van der Waals surface area contributed by atoms with E-state index in [1.807, 2.05) is 26.0 Å². The van der Waals surface area contributed by atoms with Crippen molar-refractivity contribution in [2.45, 2.75) is 99.0 Å². The first kappa shape index (κ1) is 25.9. The Kier molecular flexibility index (Phi) is 5.35. The zero-order valence-corrected chi connectivity index (χ0v) is 24.0. The number of Topliss-reactive ketones (excluding diaryl/α,β-unsaturated/α-hetero) is 1. The summed E-state index contributed by atoms with van der Waals surface area (Å²) in [4.78, 5) is 33.8. The minimum absolute atomic E-state index is 0.0182. The van der Waals surface area contributed by atoms with Crippen LogP contribution in [-0.4, -0.2) is 36.1 Å². The Morgan fingerprint density at radius 2 is 1.58 bits per heavy atom. The topological polar surface area (TPSA) is 41.7 Å². The van der Waals surface area contributed by atoms with E-state index >= 15 is 0 Å². The van der Waals surface area contributed by atoms with Crippen molar-refractivity contribution in [2.75, 3.05) is 14.1 Å². The first-order chi connectivity index (χ1) is 16.5. The molecule has 4 heteroatoms. The van der Waals surface area contributed by atoms with Crippen molar-refractivity contribution in [3.63, 3.8) is 0 Å². The summed E-state index contributed by atoms with van der Waals surface area (Å²) in [6.45, 7) is 23.6. The zero-order chi connectivity index (χ0) is 26.7. The molecule has 196 valence electrons. The van der Waals surface area contributed by atoms with E-state index in [9.17, 15) is 9.59 Å². The van der Waals surface area contributed by atoms with Crippen molar-refractivity contribution in [1.82, 2.24) is 4.90 Å². The number of carbonyl (C=O) groups excluding carboxylic acids is 2. The average Bonchev–Trinajstić information content (AvgIpc) is 2.77. The van der Waals surface area contributed by atoms with Crippen LogP contribution in [-0.2, 0) is 9.59 Å². The predicted octanol–water partition coefficient (Wildman–Crippen LogP) is 6.87. The van der Waals surface area contributed by atoms with Gasteiger partial charge in [-0.25, -0.2) is 4.85 Å². The highest BCUT2D eigenvalue weighted by Gasteiger charge is 2.70. The largest absolute Gasteiger partial charge is 0.307 e. The summed E-state index contributed by atoms with van der Waals surface area (Å²) in [6, 6.07) is 0. The van der Waals surface area contributed by atoms with Gasteiger partial charge in [-0.2, -0.15) is 0 Å². The third-order valence-electron chi connectivity index (χ3n) is 12.7. The number of ketones is 2. The van der Waals surface area contributed by atoms with Gasteiger partial charge in [-0.05, 0) is 93.2 Å². The normalized spacial score (nSPS) is 47.0. The summed E-state index contributed by atoms with van der Waals surface area (Å²) in [5.74, 6) is 0.737. The molecule has 0 aliphatic heterocycles. The van der Waals surface area contributed by atoms with Gasteiger partial charge in [0.25, 0.3) is 0 Å². The number of carbonyl (C=O) groups is 2. The molecule has 5 aliphatic carbocycles. The van der Waals surface area contributed by atoms with E-state index in [1.54, 1.807) is 0 Å². The number of hydrogen-bond acceptors (Lipinski definition) is 3. The van der Waals surface area contributed by atoms with Crippen molar-refractivity contribution < 1.29 is 9.59 Å². The molecular weight excluding hydrogens is 444 g/mol. The average molecular weight is 491 g/mol. The molecule has 0 N–H and O–H groups in total. The molecular formula is C32H46N2O2. The monoisotopic (exact) mass is 490 g/mol. The molecule has 0 bridgehead atoms. The van der Waals surface area contributed by atoms with Gasteiger partial charge in [0.15, 0.2) is 11.6 Å². The second-order valence-electron chi connectivity index (χ2n) is 15.2. The minimum atomic E-state index is -0.605. The Morgan fingerprint density at radius 1 is 0.944 bits per heavy atom. The summed E-state index contributed by atoms with van der Waals surface area (Å²) in [7, 11) is 4.46. The van der Waals surface area contributed by atoms with Crippen molar-refractivity contribution in [3.8, 4) is 0 Å². The molecule has 0 heterocycles. The predicted molar refractivity (Wildman–Crippen MR) is 144 cm³/mol.